The highest BCUT2D eigenvalue weighted by atomic mass is 16.5. The Morgan fingerprint density at radius 3 is 2.79 bits per heavy atom. The van der Waals surface area contributed by atoms with Gasteiger partial charge in [0.25, 0.3) is 0 Å². The second-order valence-electron chi connectivity index (χ2n) is 6.09. The number of fused-ring (bicyclic) bond motifs is 3. The van der Waals surface area contributed by atoms with Gasteiger partial charge in [-0.05, 0) is 37.6 Å². The number of aromatic hydroxyl groups is 1. The number of nitrogens with one attached hydrogen (secondary N) is 1. The van der Waals surface area contributed by atoms with Crippen molar-refractivity contribution in [3.63, 3.8) is 0 Å². The standard InChI is InChI=1S/C19H19N3O2/c1-11-5-4-6-14-15-9-12(2)21-22(15)19(20-18(11)14)13-7-8-16(23)17(10-13)24-3/h4-10,19-20,23H,1-3H3/t19-/m1/s1. The molecule has 2 N–H and O–H groups in total. The Morgan fingerprint density at radius 2 is 2.00 bits per heavy atom. The third-order valence-corrected chi connectivity index (χ3v) is 4.45. The lowest BCUT2D eigenvalue weighted by atomic mass is 10.0. The molecule has 2 heterocycles. The minimum Gasteiger partial charge on any atom is -0.504 e. The molecule has 3 aromatic rings. The van der Waals surface area contributed by atoms with Crippen molar-refractivity contribution in [3.05, 3.63) is 59.3 Å². The molecule has 122 valence electrons. The summed E-state index contributed by atoms with van der Waals surface area (Å²) in [6.07, 6.45) is -0.156. The minimum absolute atomic E-state index is 0.130. The van der Waals surface area contributed by atoms with Crippen molar-refractivity contribution in [1.82, 2.24) is 9.78 Å². The molecule has 24 heavy (non-hydrogen) atoms. The maximum atomic E-state index is 9.87. The van der Waals surface area contributed by atoms with E-state index in [1.54, 1.807) is 13.2 Å². The summed E-state index contributed by atoms with van der Waals surface area (Å²) in [6, 6.07) is 13.8. The Labute approximate surface area is 140 Å². The molecular weight excluding hydrogens is 302 g/mol. The van der Waals surface area contributed by atoms with E-state index in [9.17, 15) is 5.11 Å². The first-order chi connectivity index (χ1) is 11.6. The van der Waals surface area contributed by atoms with Crippen LogP contribution in [0.25, 0.3) is 11.3 Å². The highest BCUT2D eigenvalue weighted by Crippen LogP contribution is 2.41. The first kappa shape index (κ1) is 14.6. The van der Waals surface area contributed by atoms with E-state index in [1.807, 2.05) is 23.7 Å². The Morgan fingerprint density at radius 1 is 1.17 bits per heavy atom. The zero-order chi connectivity index (χ0) is 16.8. The third-order valence-electron chi connectivity index (χ3n) is 4.45. The third kappa shape index (κ3) is 2.12. The molecule has 0 unspecified atom stereocenters. The van der Waals surface area contributed by atoms with Gasteiger partial charge in [0.1, 0.15) is 6.17 Å². The van der Waals surface area contributed by atoms with Crippen LogP contribution in [-0.4, -0.2) is 22.0 Å². The Kier molecular flexibility index (Phi) is 3.23. The minimum atomic E-state index is -0.156. The van der Waals surface area contributed by atoms with Crippen LogP contribution in [0.5, 0.6) is 11.5 Å². The fourth-order valence-corrected chi connectivity index (χ4v) is 3.27. The number of rotatable bonds is 2. The SMILES string of the molecule is COc1cc([C@@H]2Nc3c(C)cccc3-c3cc(C)nn32)ccc1O. The lowest BCUT2D eigenvalue weighted by molar-refractivity contribution is 0.372. The van der Waals surface area contributed by atoms with Crippen LogP contribution < -0.4 is 10.1 Å². The Hall–Kier alpha value is -2.95. The van der Waals surface area contributed by atoms with Crippen LogP contribution in [0.4, 0.5) is 5.69 Å². The predicted molar refractivity (Wildman–Crippen MR) is 93.6 cm³/mol. The van der Waals surface area contributed by atoms with E-state index in [2.05, 4.69) is 41.6 Å². The van der Waals surface area contributed by atoms with Gasteiger partial charge in [-0.15, -0.1) is 0 Å². The average Bonchev–Trinajstić information content (AvgIpc) is 2.97. The van der Waals surface area contributed by atoms with Crippen molar-refractivity contribution in [3.8, 4) is 22.8 Å². The fraction of sp³-hybridized carbons (Fsp3) is 0.211. The lowest BCUT2D eigenvalue weighted by Crippen LogP contribution is -2.26. The molecule has 0 amide bonds. The van der Waals surface area contributed by atoms with Gasteiger partial charge in [0.05, 0.1) is 18.5 Å². The fourth-order valence-electron chi connectivity index (χ4n) is 3.27. The van der Waals surface area contributed by atoms with Crippen LogP contribution in [0.3, 0.4) is 0 Å². The highest BCUT2D eigenvalue weighted by Gasteiger charge is 2.27. The monoisotopic (exact) mass is 321 g/mol. The molecule has 0 bridgehead atoms. The Bertz CT molecular complexity index is 930. The van der Waals surface area contributed by atoms with Gasteiger partial charge in [0, 0.05) is 16.8 Å². The number of para-hydroxylation sites is 1. The molecule has 1 aromatic heterocycles. The van der Waals surface area contributed by atoms with E-state index >= 15 is 0 Å². The van der Waals surface area contributed by atoms with Crippen molar-refractivity contribution in [2.75, 3.05) is 12.4 Å². The summed E-state index contributed by atoms with van der Waals surface area (Å²) >= 11 is 0. The van der Waals surface area contributed by atoms with Gasteiger partial charge < -0.3 is 15.2 Å². The van der Waals surface area contributed by atoms with Crippen LogP contribution in [0.2, 0.25) is 0 Å². The molecule has 5 nitrogen and oxygen atoms in total. The lowest BCUT2D eigenvalue weighted by Gasteiger charge is -2.30. The summed E-state index contributed by atoms with van der Waals surface area (Å²) in [7, 11) is 1.55. The van der Waals surface area contributed by atoms with Crippen molar-refractivity contribution in [1.29, 1.82) is 0 Å². The number of phenolic OH excluding ortho intramolecular Hbond substituents is 1. The second-order valence-corrected chi connectivity index (χ2v) is 6.09. The molecule has 0 aliphatic carbocycles. The maximum absolute atomic E-state index is 9.87. The van der Waals surface area contributed by atoms with Crippen LogP contribution in [0.1, 0.15) is 23.0 Å². The van der Waals surface area contributed by atoms with Crippen molar-refractivity contribution >= 4 is 5.69 Å². The van der Waals surface area contributed by atoms with Gasteiger partial charge in [0.15, 0.2) is 11.5 Å². The number of aryl methyl sites for hydroxylation is 2. The summed E-state index contributed by atoms with van der Waals surface area (Å²) in [4.78, 5) is 0. The zero-order valence-corrected chi connectivity index (χ0v) is 13.9. The number of phenols is 1. The van der Waals surface area contributed by atoms with Gasteiger partial charge in [-0.1, -0.05) is 24.3 Å². The summed E-state index contributed by atoms with van der Waals surface area (Å²) < 4.78 is 7.24. The molecule has 1 aliphatic rings. The molecule has 0 radical (unpaired) electrons. The van der Waals surface area contributed by atoms with Gasteiger partial charge in [-0.3, -0.25) is 0 Å². The normalized spacial score (nSPS) is 15.4. The first-order valence-corrected chi connectivity index (χ1v) is 7.88. The number of anilines is 1. The molecule has 0 spiro atoms. The predicted octanol–water partition coefficient (Wildman–Crippen LogP) is 3.85. The van der Waals surface area contributed by atoms with E-state index in [0.717, 1.165) is 28.2 Å². The quantitative estimate of drug-likeness (QED) is 0.752. The van der Waals surface area contributed by atoms with Crippen LogP contribution >= 0.6 is 0 Å². The van der Waals surface area contributed by atoms with Crippen LogP contribution in [0, 0.1) is 13.8 Å². The van der Waals surface area contributed by atoms with Gasteiger partial charge in [0.2, 0.25) is 0 Å². The molecule has 1 aliphatic heterocycles. The largest absolute Gasteiger partial charge is 0.504 e. The van der Waals surface area contributed by atoms with Crippen molar-refractivity contribution in [2.24, 2.45) is 0 Å². The van der Waals surface area contributed by atoms with E-state index in [0.29, 0.717) is 5.75 Å². The molecule has 2 aromatic carbocycles. The number of methoxy groups -OCH3 is 1. The summed E-state index contributed by atoms with van der Waals surface area (Å²) in [5.74, 6) is 0.584. The van der Waals surface area contributed by atoms with Crippen molar-refractivity contribution < 1.29 is 9.84 Å². The summed E-state index contributed by atoms with van der Waals surface area (Å²) in [5.41, 5.74) is 6.48. The smallest absolute Gasteiger partial charge is 0.160 e. The number of ether oxygens (including phenoxy) is 1. The number of nitrogens with zero attached hydrogens (tertiary/aromatic N) is 2. The number of hydrogen-bond acceptors (Lipinski definition) is 4. The molecule has 1 atom stereocenters. The van der Waals surface area contributed by atoms with E-state index in [1.165, 1.54) is 5.56 Å². The highest BCUT2D eigenvalue weighted by molar-refractivity contribution is 5.81. The Balaban J connectivity index is 1.91. The first-order valence-electron chi connectivity index (χ1n) is 7.88. The average molecular weight is 321 g/mol. The number of aromatic nitrogens is 2. The van der Waals surface area contributed by atoms with E-state index in [-0.39, 0.29) is 11.9 Å². The molecule has 0 saturated heterocycles. The van der Waals surface area contributed by atoms with Gasteiger partial charge >= 0.3 is 0 Å². The number of benzene rings is 2. The van der Waals surface area contributed by atoms with Crippen molar-refractivity contribution in [2.45, 2.75) is 20.0 Å². The van der Waals surface area contributed by atoms with Gasteiger partial charge in [-0.2, -0.15) is 5.10 Å². The molecule has 0 fully saturated rings. The van der Waals surface area contributed by atoms with Gasteiger partial charge in [-0.25, -0.2) is 4.68 Å². The second kappa shape index (κ2) is 5.30. The summed E-state index contributed by atoms with van der Waals surface area (Å²) in [6.45, 7) is 4.09. The summed E-state index contributed by atoms with van der Waals surface area (Å²) in [5, 5.41) is 18.1. The molecular formula is C19H19N3O2. The maximum Gasteiger partial charge on any atom is 0.160 e. The van der Waals surface area contributed by atoms with E-state index in [4.69, 9.17) is 4.74 Å². The molecule has 0 saturated carbocycles. The molecule has 4 rings (SSSR count). The van der Waals surface area contributed by atoms with Crippen LogP contribution in [-0.2, 0) is 0 Å². The zero-order valence-electron chi connectivity index (χ0n) is 13.9. The molecule has 5 heteroatoms. The topological polar surface area (TPSA) is 59.3 Å². The van der Waals surface area contributed by atoms with E-state index < -0.39 is 0 Å². The van der Waals surface area contributed by atoms with Crippen LogP contribution in [0.15, 0.2) is 42.5 Å². The number of hydrogen-bond donors (Lipinski definition) is 2.